The summed E-state index contributed by atoms with van der Waals surface area (Å²) in [6, 6.07) is 5.85. The highest BCUT2D eigenvalue weighted by Crippen LogP contribution is 2.33. The van der Waals surface area contributed by atoms with Gasteiger partial charge in [0, 0.05) is 24.3 Å². The van der Waals surface area contributed by atoms with E-state index in [-0.39, 0.29) is 11.5 Å². The lowest BCUT2D eigenvalue weighted by atomic mass is 9.85. The fourth-order valence-corrected chi connectivity index (χ4v) is 3.05. The van der Waals surface area contributed by atoms with Gasteiger partial charge >= 0.3 is 0 Å². The lowest BCUT2D eigenvalue weighted by molar-refractivity contribution is 0.101. The quantitative estimate of drug-likeness (QED) is 0.829. The van der Waals surface area contributed by atoms with Crippen molar-refractivity contribution in [2.24, 2.45) is 11.8 Å². The molecule has 1 N–H and O–H groups in total. The number of phenols is 1. The number of piperidine rings is 1. The minimum absolute atomic E-state index is 0.0862. The van der Waals surface area contributed by atoms with E-state index in [0.717, 1.165) is 12.2 Å². The first-order chi connectivity index (χ1) is 8.90. The summed E-state index contributed by atoms with van der Waals surface area (Å²) < 4.78 is 0. The van der Waals surface area contributed by atoms with E-state index < -0.39 is 0 Å². The van der Waals surface area contributed by atoms with Gasteiger partial charge in [0.15, 0.2) is 5.78 Å². The minimum atomic E-state index is -0.0996. The maximum atomic E-state index is 11.3. The molecule has 0 radical (unpaired) electrons. The maximum Gasteiger partial charge on any atom is 0.163 e. The Morgan fingerprint density at radius 3 is 2.58 bits per heavy atom. The van der Waals surface area contributed by atoms with Crippen molar-refractivity contribution in [1.82, 2.24) is 0 Å². The van der Waals surface area contributed by atoms with E-state index in [1.165, 1.54) is 13.3 Å². The van der Waals surface area contributed by atoms with E-state index in [2.05, 4.69) is 25.7 Å². The summed E-state index contributed by atoms with van der Waals surface area (Å²) >= 11 is 0. The number of aromatic hydroxyl groups is 1. The summed E-state index contributed by atoms with van der Waals surface area (Å²) in [5.41, 5.74) is 1.41. The molecule has 1 aliphatic heterocycles. The van der Waals surface area contributed by atoms with Crippen LogP contribution in [0.25, 0.3) is 0 Å². The van der Waals surface area contributed by atoms with E-state index >= 15 is 0 Å². The van der Waals surface area contributed by atoms with E-state index in [1.807, 2.05) is 6.07 Å². The van der Waals surface area contributed by atoms with Crippen molar-refractivity contribution in [1.29, 1.82) is 0 Å². The van der Waals surface area contributed by atoms with Gasteiger partial charge in [0.1, 0.15) is 5.75 Å². The molecule has 0 aliphatic carbocycles. The van der Waals surface area contributed by atoms with Crippen LogP contribution in [0, 0.1) is 11.8 Å². The van der Waals surface area contributed by atoms with Crippen LogP contribution in [-0.4, -0.2) is 23.5 Å². The Morgan fingerprint density at radius 2 is 2.00 bits per heavy atom. The highest BCUT2D eigenvalue weighted by molar-refractivity contribution is 5.97. The molecule has 1 heterocycles. The van der Waals surface area contributed by atoms with Crippen LogP contribution in [0.3, 0.4) is 0 Å². The van der Waals surface area contributed by atoms with Crippen LogP contribution in [-0.2, 0) is 0 Å². The number of anilines is 1. The van der Waals surface area contributed by atoms with Crippen molar-refractivity contribution in [3.05, 3.63) is 23.8 Å². The Labute approximate surface area is 115 Å². The molecule has 0 spiro atoms. The predicted molar refractivity (Wildman–Crippen MR) is 77.9 cm³/mol. The Morgan fingerprint density at radius 1 is 1.32 bits per heavy atom. The lowest BCUT2D eigenvalue weighted by Crippen LogP contribution is -2.45. The molecule has 3 heteroatoms. The second-order valence-corrected chi connectivity index (χ2v) is 5.97. The Hall–Kier alpha value is -1.51. The molecule has 3 nitrogen and oxygen atoms in total. The first kappa shape index (κ1) is 13.9. The molecular formula is C16H23NO2. The fourth-order valence-electron chi connectivity index (χ4n) is 3.05. The third-order valence-corrected chi connectivity index (χ3v) is 4.29. The van der Waals surface area contributed by atoms with Gasteiger partial charge in [-0.25, -0.2) is 0 Å². The zero-order valence-corrected chi connectivity index (χ0v) is 12.2. The second kappa shape index (κ2) is 5.24. The molecule has 1 aliphatic rings. The van der Waals surface area contributed by atoms with Crippen molar-refractivity contribution >= 4 is 11.5 Å². The number of nitrogens with zero attached hydrogens (tertiary/aromatic N) is 1. The maximum absolute atomic E-state index is 11.3. The SMILES string of the molecule is CC(=O)c1ccc(N2CC(C)CC(C)C2C)cc1O. The van der Waals surface area contributed by atoms with Gasteiger partial charge < -0.3 is 10.0 Å². The van der Waals surface area contributed by atoms with Crippen LogP contribution < -0.4 is 4.90 Å². The second-order valence-electron chi connectivity index (χ2n) is 5.97. The van der Waals surface area contributed by atoms with Crippen molar-refractivity contribution in [2.45, 2.75) is 40.2 Å². The highest BCUT2D eigenvalue weighted by Gasteiger charge is 2.29. The number of rotatable bonds is 2. The molecule has 1 aromatic rings. The van der Waals surface area contributed by atoms with Gasteiger partial charge in [0.25, 0.3) is 0 Å². The van der Waals surface area contributed by atoms with E-state index in [1.54, 1.807) is 12.1 Å². The number of benzene rings is 1. The van der Waals surface area contributed by atoms with Gasteiger partial charge in [-0.2, -0.15) is 0 Å². The molecule has 2 rings (SSSR count). The van der Waals surface area contributed by atoms with E-state index in [9.17, 15) is 9.90 Å². The minimum Gasteiger partial charge on any atom is -0.507 e. The molecule has 0 aromatic heterocycles. The average Bonchev–Trinajstić information content (AvgIpc) is 2.33. The molecular weight excluding hydrogens is 238 g/mol. The molecule has 1 fully saturated rings. The van der Waals surface area contributed by atoms with Crippen LogP contribution in [0.2, 0.25) is 0 Å². The average molecular weight is 261 g/mol. The molecule has 1 aromatic carbocycles. The molecule has 104 valence electrons. The third-order valence-electron chi connectivity index (χ3n) is 4.29. The monoisotopic (exact) mass is 261 g/mol. The Balaban J connectivity index is 2.31. The number of Topliss-reactive ketones (excluding diaryl/α,β-unsaturated/α-hetero) is 1. The van der Waals surface area contributed by atoms with Crippen molar-refractivity contribution in [2.75, 3.05) is 11.4 Å². The van der Waals surface area contributed by atoms with Gasteiger partial charge in [-0.1, -0.05) is 13.8 Å². The van der Waals surface area contributed by atoms with Gasteiger partial charge in [0.2, 0.25) is 0 Å². The van der Waals surface area contributed by atoms with E-state index in [0.29, 0.717) is 23.4 Å². The van der Waals surface area contributed by atoms with Crippen molar-refractivity contribution in [3.8, 4) is 5.75 Å². The standard InChI is InChI=1S/C16H23NO2/c1-10-7-11(2)12(3)17(9-10)14-5-6-15(13(4)18)16(19)8-14/h5-6,8,10-12,19H,7,9H2,1-4H3. The summed E-state index contributed by atoms with van der Waals surface area (Å²) in [5, 5.41) is 9.96. The third kappa shape index (κ3) is 2.75. The number of phenolic OH excluding ortho intramolecular Hbond substituents is 1. The number of carbonyl (C=O) groups excluding carboxylic acids is 1. The largest absolute Gasteiger partial charge is 0.507 e. The fraction of sp³-hybridized carbons (Fsp3) is 0.562. The van der Waals surface area contributed by atoms with Gasteiger partial charge in [-0.05, 0) is 44.2 Å². The predicted octanol–water partition coefficient (Wildman–Crippen LogP) is 3.47. The Kier molecular flexibility index (Phi) is 3.83. The molecule has 3 atom stereocenters. The smallest absolute Gasteiger partial charge is 0.163 e. The van der Waals surface area contributed by atoms with Crippen LogP contribution in [0.15, 0.2) is 18.2 Å². The van der Waals surface area contributed by atoms with Crippen LogP contribution >= 0.6 is 0 Å². The summed E-state index contributed by atoms with van der Waals surface area (Å²) in [6.45, 7) is 9.25. The van der Waals surface area contributed by atoms with Crippen molar-refractivity contribution < 1.29 is 9.90 Å². The number of ketones is 1. The molecule has 0 saturated carbocycles. The van der Waals surface area contributed by atoms with Crippen LogP contribution in [0.1, 0.15) is 44.5 Å². The number of carbonyl (C=O) groups is 1. The lowest BCUT2D eigenvalue weighted by Gasteiger charge is -2.42. The summed E-state index contributed by atoms with van der Waals surface area (Å²) in [4.78, 5) is 13.7. The van der Waals surface area contributed by atoms with Crippen molar-refractivity contribution in [3.63, 3.8) is 0 Å². The molecule has 0 bridgehead atoms. The molecule has 3 unspecified atom stereocenters. The Bertz CT molecular complexity index is 484. The molecule has 1 saturated heterocycles. The molecule has 0 amide bonds. The zero-order chi connectivity index (χ0) is 14.2. The van der Waals surface area contributed by atoms with Gasteiger partial charge in [0.05, 0.1) is 5.56 Å². The summed E-state index contributed by atoms with van der Waals surface area (Å²) in [5.74, 6) is 1.28. The first-order valence-corrected chi connectivity index (χ1v) is 7.00. The topological polar surface area (TPSA) is 40.5 Å². The first-order valence-electron chi connectivity index (χ1n) is 7.00. The van der Waals surface area contributed by atoms with E-state index in [4.69, 9.17) is 0 Å². The number of hydrogen-bond donors (Lipinski definition) is 1. The highest BCUT2D eigenvalue weighted by atomic mass is 16.3. The molecule has 19 heavy (non-hydrogen) atoms. The summed E-state index contributed by atoms with van der Waals surface area (Å²) in [7, 11) is 0. The van der Waals surface area contributed by atoms with Gasteiger partial charge in [-0.3, -0.25) is 4.79 Å². The zero-order valence-electron chi connectivity index (χ0n) is 12.2. The van der Waals surface area contributed by atoms with Crippen LogP contribution in [0.5, 0.6) is 5.75 Å². The summed E-state index contributed by atoms with van der Waals surface area (Å²) in [6.07, 6.45) is 1.25. The van der Waals surface area contributed by atoms with Crippen LogP contribution in [0.4, 0.5) is 5.69 Å². The normalized spacial score (nSPS) is 27.4. The van der Waals surface area contributed by atoms with Gasteiger partial charge in [-0.15, -0.1) is 0 Å². The number of hydrogen-bond acceptors (Lipinski definition) is 3.